The van der Waals surface area contributed by atoms with Crippen molar-refractivity contribution < 1.29 is 4.74 Å². The zero-order valence-corrected chi connectivity index (χ0v) is 16.1. The molecule has 2 heterocycles. The number of nitrogens with zero attached hydrogens (tertiary/aromatic N) is 2. The van der Waals surface area contributed by atoms with Gasteiger partial charge in [-0.15, -0.1) is 24.0 Å². The molecule has 1 saturated carbocycles. The van der Waals surface area contributed by atoms with Crippen molar-refractivity contribution in [3.05, 3.63) is 0 Å². The Morgan fingerprint density at radius 3 is 2.52 bits per heavy atom. The van der Waals surface area contributed by atoms with Gasteiger partial charge in [0.1, 0.15) is 0 Å². The number of rotatable bonds is 1. The lowest BCUT2D eigenvalue weighted by molar-refractivity contribution is -0.107. The molecule has 3 aliphatic rings. The normalized spacial score (nSPS) is 35.7. The van der Waals surface area contributed by atoms with Crippen LogP contribution in [0, 0.1) is 17.3 Å². The molecule has 1 aliphatic carbocycles. The van der Waals surface area contributed by atoms with Gasteiger partial charge in [-0.2, -0.15) is 0 Å². The van der Waals surface area contributed by atoms with Crippen molar-refractivity contribution in [2.45, 2.75) is 52.2 Å². The van der Waals surface area contributed by atoms with Crippen molar-refractivity contribution in [1.29, 1.82) is 0 Å². The first kappa shape index (κ1) is 17.3. The van der Waals surface area contributed by atoms with E-state index in [-0.39, 0.29) is 29.4 Å². The lowest BCUT2D eigenvalue weighted by atomic mass is 9.57. The molecule has 21 heavy (non-hydrogen) atoms. The minimum Gasteiger partial charge on any atom is -0.377 e. The molecular formula is C16H30IN3O. The topological polar surface area (TPSA) is 36.9 Å². The molecule has 2 aliphatic heterocycles. The van der Waals surface area contributed by atoms with Crippen LogP contribution in [0.25, 0.3) is 0 Å². The van der Waals surface area contributed by atoms with Gasteiger partial charge in [0.05, 0.1) is 6.10 Å². The molecule has 0 bridgehead atoms. The van der Waals surface area contributed by atoms with Crippen molar-refractivity contribution in [3.63, 3.8) is 0 Å². The van der Waals surface area contributed by atoms with E-state index in [0.29, 0.717) is 18.1 Å². The summed E-state index contributed by atoms with van der Waals surface area (Å²) in [6, 6.07) is 0.507. The fourth-order valence-corrected chi connectivity index (χ4v) is 4.27. The second-order valence-electron chi connectivity index (χ2n) is 7.40. The lowest BCUT2D eigenvalue weighted by Crippen LogP contribution is -2.68. The minimum absolute atomic E-state index is 0. The first-order valence-electron chi connectivity index (χ1n) is 8.14. The van der Waals surface area contributed by atoms with Crippen LogP contribution in [0.15, 0.2) is 4.99 Å². The van der Waals surface area contributed by atoms with Crippen LogP contribution in [-0.2, 0) is 4.74 Å². The molecule has 122 valence electrons. The highest BCUT2D eigenvalue weighted by Gasteiger charge is 2.59. The van der Waals surface area contributed by atoms with Crippen molar-refractivity contribution in [2.75, 3.05) is 26.7 Å². The summed E-state index contributed by atoms with van der Waals surface area (Å²) in [5.74, 6) is 2.63. The number of halogens is 1. The third-order valence-corrected chi connectivity index (χ3v) is 5.68. The maximum Gasteiger partial charge on any atom is 0.193 e. The highest BCUT2D eigenvalue weighted by atomic mass is 127. The van der Waals surface area contributed by atoms with Crippen LogP contribution >= 0.6 is 24.0 Å². The van der Waals surface area contributed by atoms with Crippen molar-refractivity contribution in [2.24, 2.45) is 22.2 Å². The number of likely N-dealkylation sites (tertiary alicyclic amines) is 1. The predicted molar refractivity (Wildman–Crippen MR) is 97.3 cm³/mol. The van der Waals surface area contributed by atoms with Crippen LogP contribution in [0.5, 0.6) is 0 Å². The Kier molecular flexibility index (Phi) is 5.45. The van der Waals surface area contributed by atoms with E-state index in [1.54, 1.807) is 0 Å². The Morgan fingerprint density at radius 2 is 1.90 bits per heavy atom. The molecule has 3 fully saturated rings. The van der Waals surface area contributed by atoms with Crippen LogP contribution in [0.3, 0.4) is 0 Å². The standard InChI is InChI=1S/C16H29N3O.HI/c1-11-5-8-19(9-6-11)15(17-4)18-13-12-7-10-20-14(12)16(13,2)3;/h11-14H,5-10H2,1-4H3,(H,17,18);1H. The largest absolute Gasteiger partial charge is 0.377 e. The second kappa shape index (κ2) is 6.60. The van der Waals surface area contributed by atoms with Gasteiger partial charge in [0.25, 0.3) is 0 Å². The van der Waals surface area contributed by atoms with E-state index in [1.807, 2.05) is 7.05 Å². The summed E-state index contributed by atoms with van der Waals surface area (Å²) in [7, 11) is 1.91. The van der Waals surface area contributed by atoms with Crippen molar-refractivity contribution in [1.82, 2.24) is 10.2 Å². The molecule has 2 saturated heterocycles. The first-order chi connectivity index (χ1) is 9.54. The monoisotopic (exact) mass is 407 g/mol. The van der Waals surface area contributed by atoms with E-state index in [4.69, 9.17) is 4.74 Å². The van der Waals surface area contributed by atoms with Gasteiger partial charge in [-0.3, -0.25) is 4.99 Å². The number of fused-ring (bicyclic) bond motifs is 1. The maximum absolute atomic E-state index is 5.88. The molecule has 3 unspecified atom stereocenters. The average molecular weight is 407 g/mol. The number of hydrogen-bond donors (Lipinski definition) is 1. The molecule has 1 N–H and O–H groups in total. The predicted octanol–water partition coefficient (Wildman–Crippen LogP) is 2.73. The minimum atomic E-state index is 0. The van der Waals surface area contributed by atoms with Crippen LogP contribution < -0.4 is 5.32 Å². The van der Waals surface area contributed by atoms with E-state index in [9.17, 15) is 0 Å². The number of aliphatic imine (C=N–C) groups is 1. The quantitative estimate of drug-likeness (QED) is 0.413. The third kappa shape index (κ3) is 3.05. The Labute approximate surface area is 146 Å². The van der Waals surface area contributed by atoms with E-state index in [0.717, 1.165) is 31.6 Å². The van der Waals surface area contributed by atoms with Gasteiger partial charge in [0, 0.05) is 44.1 Å². The molecule has 5 heteroatoms. The summed E-state index contributed by atoms with van der Waals surface area (Å²) in [5, 5.41) is 3.75. The molecule has 4 nitrogen and oxygen atoms in total. The molecular weight excluding hydrogens is 377 g/mol. The van der Waals surface area contributed by atoms with Crippen LogP contribution in [0.1, 0.15) is 40.0 Å². The summed E-state index contributed by atoms with van der Waals surface area (Å²) >= 11 is 0. The highest BCUT2D eigenvalue weighted by molar-refractivity contribution is 14.0. The average Bonchev–Trinajstić information content (AvgIpc) is 2.88. The van der Waals surface area contributed by atoms with E-state index in [2.05, 4.69) is 36.0 Å². The van der Waals surface area contributed by atoms with Gasteiger partial charge < -0.3 is 15.0 Å². The summed E-state index contributed by atoms with van der Waals surface area (Å²) < 4.78 is 5.88. The highest BCUT2D eigenvalue weighted by Crippen LogP contribution is 2.52. The van der Waals surface area contributed by atoms with Gasteiger partial charge in [-0.25, -0.2) is 0 Å². The Morgan fingerprint density at radius 1 is 1.24 bits per heavy atom. The number of nitrogens with one attached hydrogen (secondary N) is 1. The molecule has 0 aromatic rings. The fraction of sp³-hybridized carbons (Fsp3) is 0.938. The number of guanidine groups is 1. The second-order valence-corrected chi connectivity index (χ2v) is 7.40. The van der Waals surface area contributed by atoms with Gasteiger partial charge in [-0.05, 0) is 25.2 Å². The molecule has 3 rings (SSSR count). The zero-order chi connectivity index (χ0) is 14.3. The van der Waals surface area contributed by atoms with Crippen LogP contribution in [-0.4, -0.2) is 49.7 Å². The summed E-state index contributed by atoms with van der Waals surface area (Å²) in [4.78, 5) is 6.96. The number of ether oxygens (including phenoxy) is 1. The number of hydrogen-bond acceptors (Lipinski definition) is 2. The SMILES string of the molecule is CN=C(NC1C2CCOC2C1(C)C)N1CCC(C)CC1.I. The molecule has 0 spiro atoms. The van der Waals surface area contributed by atoms with Crippen molar-refractivity contribution >= 4 is 29.9 Å². The smallest absolute Gasteiger partial charge is 0.193 e. The van der Waals surface area contributed by atoms with Gasteiger partial charge >= 0.3 is 0 Å². The maximum atomic E-state index is 5.88. The van der Waals surface area contributed by atoms with E-state index in [1.165, 1.54) is 19.3 Å². The molecule has 0 aromatic heterocycles. The third-order valence-electron chi connectivity index (χ3n) is 5.68. The van der Waals surface area contributed by atoms with Gasteiger partial charge in [-0.1, -0.05) is 20.8 Å². The number of piperidine rings is 1. The lowest BCUT2D eigenvalue weighted by Gasteiger charge is -2.55. The van der Waals surface area contributed by atoms with E-state index < -0.39 is 0 Å². The molecule has 0 amide bonds. The Balaban J connectivity index is 0.00000161. The Bertz CT molecular complexity index is 391. The zero-order valence-electron chi connectivity index (χ0n) is 13.8. The first-order valence-corrected chi connectivity index (χ1v) is 8.14. The van der Waals surface area contributed by atoms with Crippen molar-refractivity contribution in [3.8, 4) is 0 Å². The van der Waals surface area contributed by atoms with Gasteiger partial charge in [0.15, 0.2) is 5.96 Å². The van der Waals surface area contributed by atoms with E-state index >= 15 is 0 Å². The Hall–Kier alpha value is -0.0400. The summed E-state index contributed by atoms with van der Waals surface area (Å²) in [6.07, 6.45) is 4.20. The van der Waals surface area contributed by atoms with Gasteiger partial charge in [0.2, 0.25) is 0 Å². The molecule has 0 radical (unpaired) electrons. The molecule has 3 atom stereocenters. The summed E-state index contributed by atoms with van der Waals surface area (Å²) in [5.41, 5.74) is 0.222. The fourth-order valence-electron chi connectivity index (χ4n) is 4.27. The molecule has 0 aromatic carbocycles. The van der Waals surface area contributed by atoms with Crippen LogP contribution in [0.2, 0.25) is 0 Å². The summed E-state index contributed by atoms with van der Waals surface area (Å²) in [6.45, 7) is 10.2. The van der Waals surface area contributed by atoms with Crippen LogP contribution in [0.4, 0.5) is 0 Å².